The first-order valence-corrected chi connectivity index (χ1v) is 6.88. The van der Waals surface area contributed by atoms with Crippen LogP contribution < -0.4 is 10.6 Å². The molecule has 0 fully saturated rings. The lowest BCUT2D eigenvalue weighted by Gasteiger charge is -2.18. The van der Waals surface area contributed by atoms with Crippen LogP contribution in [0.4, 0.5) is 5.69 Å². The van der Waals surface area contributed by atoms with Gasteiger partial charge in [0, 0.05) is 12.6 Å². The number of aromatic carboxylic acids is 1. The number of likely N-dealkylation sites (N-methyl/N-ethyl adjacent to an activating group) is 1. The van der Waals surface area contributed by atoms with Gasteiger partial charge in [-0.3, -0.25) is 4.79 Å². The number of benzene rings is 1. The summed E-state index contributed by atoms with van der Waals surface area (Å²) in [5.74, 6) is -1.34. The van der Waals surface area contributed by atoms with Gasteiger partial charge in [0.05, 0.1) is 22.8 Å². The molecule has 1 aromatic rings. The van der Waals surface area contributed by atoms with Crippen molar-refractivity contribution in [1.82, 2.24) is 10.2 Å². The largest absolute Gasteiger partial charge is 0.478 e. The quantitative estimate of drug-likeness (QED) is 0.711. The molecule has 0 aliphatic carbocycles. The molecule has 1 unspecified atom stereocenters. The highest BCUT2D eigenvalue weighted by Gasteiger charge is 2.11. The van der Waals surface area contributed by atoms with Crippen LogP contribution in [0, 0.1) is 0 Å². The standard InChI is InChI=1S/C14H20ClN3O3/c1-9(8-18(2)3)16-7-13(19)17-12-6-10(14(20)21)4-5-11(12)15/h4-6,9,16H,7-8H2,1-3H3,(H,17,19)(H,20,21). The van der Waals surface area contributed by atoms with Gasteiger partial charge in [0.25, 0.3) is 0 Å². The topological polar surface area (TPSA) is 81.7 Å². The third-order valence-corrected chi connectivity index (χ3v) is 3.07. The normalized spacial score (nSPS) is 12.2. The molecule has 116 valence electrons. The van der Waals surface area contributed by atoms with Gasteiger partial charge in [-0.05, 0) is 39.2 Å². The molecule has 0 aliphatic rings. The van der Waals surface area contributed by atoms with Gasteiger partial charge in [-0.2, -0.15) is 0 Å². The van der Waals surface area contributed by atoms with E-state index in [-0.39, 0.29) is 24.1 Å². The maximum absolute atomic E-state index is 11.8. The molecule has 0 bridgehead atoms. The third kappa shape index (κ3) is 6.12. The van der Waals surface area contributed by atoms with Gasteiger partial charge >= 0.3 is 5.97 Å². The van der Waals surface area contributed by atoms with Crippen molar-refractivity contribution >= 4 is 29.2 Å². The molecule has 3 N–H and O–H groups in total. The molecule has 1 atom stereocenters. The number of carbonyl (C=O) groups excluding carboxylic acids is 1. The number of hydrogen-bond acceptors (Lipinski definition) is 4. The summed E-state index contributed by atoms with van der Waals surface area (Å²) in [4.78, 5) is 24.8. The Morgan fingerprint density at radius 2 is 2.05 bits per heavy atom. The summed E-state index contributed by atoms with van der Waals surface area (Å²) in [5, 5.41) is 14.9. The molecule has 21 heavy (non-hydrogen) atoms. The zero-order valence-corrected chi connectivity index (χ0v) is 13.1. The minimum absolute atomic E-state index is 0.0728. The Bertz CT molecular complexity index is 520. The van der Waals surface area contributed by atoms with Crippen molar-refractivity contribution in [3.05, 3.63) is 28.8 Å². The highest BCUT2D eigenvalue weighted by molar-refractivity contribution is 6.33. The summed E-state index contributed by atoms with van der Waals surface area (Å²) >= 11 is 5.94. The van der Waals surface area contributed by atoms with Gasteiger partial charge < -0.3 is 20.6 Å². The number of carboxylic acid groups (broad SMARTS) is 1. The lowest BCUT2D eigenvalue weighted by Crippen LogP contribution is -2.40. The van der Waals surface area contributed by atoms with Crippen molar-refractivity contribution in [1.29, 1.82) is 0 Å². The van der Waals surface area contributed by atoms with Crippen LogP contribution in [0.3, 0.4) is 0 Å². The predicted molar refractivity (Wildman–Crippen MR) is 83.1 cm³/mol. The maximum atomic E-state index is 11.8. The zero-order valence-electron chi connectivity index (χ0n) is 12.3. The van der Waals surface area contributed by atoms with Gasteiger partial charge in [-0.15, -0.1) is 0 Å². The van der Waals surface area contributed by atoms with Crippen LogP contribution in [-0.4, -0.2) is 55.1 Å². The Kier molecular flexibility index (Phi) is 6.61. The number of nitrogens with one attached hydrogen (secondary N) is 2. The summed E-state index contributed by atoms with van der Waals surface area (Å²) in [6.07, 6.45) is 0. The van der Waals surface area contributed by atoms with Crippen LogP contribution >= 0.6 is 11.6 Å². The second kappa shape index (κ2) is 7.97. The van der Waals surface area contributed by atoms with E-state index in [2.05, 4.69) is 10.6 Å². The van der Waals surface area contributed by atoms with Crippen molar-refractivity contribution in [2.24, 2.45) is 0 Å². The number of rotatable bonds is 7. The molecule has 0 radical (unpaired) electrons. The molecular weight excluding hydrogens is 294 g/mol. The average Bonchev–Trinajstić information content (AvgIpc) is 2.38. The van der Waals surface area contributed by atoms with E-state index in [4.69, 9.17) is 16.7 Å². The van der Waals surface area contributed by atoms with Crippen molar-refractivity contribution in [3.63, 3.8) is 0 Å². The summed E-state index contributed by atoms with van der Waals surface area (Å²) in [7, 11) is 3.91. The van der Waals surface area contributed by atoms with E-state index in [1.807, 2.05) is 25.9 Å². The highest BCUT2D eigenvalue weighted by atomic mass is 35.5. The van der Waals surface area contributed by atoms with Gasteiger partial charge in [0.1, 0.15) is 0 Å². The van der Waals surface area contributed by atoms with Crippen LogP contribution in [0.25, 0.3) is 0 Å². The molecule has 0 spiro atoms. The molecule has 0 heterocycles. The number of carbonyl (C=O) groups is 2. The second-order valence-electron chi connectivity index (χ2n) is 5.09. The molecule has 0 aromatic heterocycles. The number of carboxylic acids is 1. The fraction of sp³-hybridized carbons (Fsp3) is 0.429. The number of nitrogens with zero attached hydrogens (tertiary/aromatic N) is 1. The van der Waals surface area contributed by atoms with Crippen molar-refractivity contribution < 1.29 is 14.7 Å². The lowest BCUT2D eigenvalue weighted by molar-refractivity contribution is -0.115. The molecule has 1 aromatic carbocycles. The summed E-state index contributed by atoms with van der Waals surface area (Å²) in [5.41, 5.74) is 0.368. The van der Waals surface area contributed by atoms with Crippen LogP contribution in [0.5, 0.6) is 0 Å². The Balaban J connectivity index is 2.58. The molecule has 0 saturated carbocycles. The van der Waals surface area contributed by atoms with Crippen molar-refractivity contribution in [3.8, 4) is 0 Å². The number of hydrogen-bond donors (Lipinski definition) is 3. The Hall–Kier alpha value is -1.63. The first-order valence-electron chi connectivity index (χ1n) is 6.50. The molecule has 6 nitrogen and oxygen atoms in total. The molecule has 7 heteroatoms. The maximum Gasteiger partial charge on any atom is 0.335 e. The number of amides is 1. The van der Waals surface area contributed by atoms with E-state index in [1.54, 1.807) is 0 Å². The van der Waals surface area contributed by atoms with Gasteiger partial charge in [-0.1, -0.05) is 11.6 Å². The van der Waals surface area contributed by atoms with E-state index < -0.39 is 5.97 Å². The molecule has 1 amide bonds. The van der Waals surface area contributed by atoms with Crippen LogP contribution in [0.15, 0.2) is 18.2 Å². The van der Waals surface area contributed by atoms with Crippen LogP contribution in [0.2, 0.25) is 5.02 Å². The van der Waals surface area contributed by atoms with E-state index in [0.29, 0.717) is 10.7 Å². The summed E-state index contributed by atoms with van der Waals surface area (Å²) in [6.45, 7) is 2.91. The van der Waals surface area contributed by atoms with Gasteiger partial charge in [-0.25, -0.2) is 4.79 Å². The highest BCUT2D eigenvalue weighted by Crippen LogP contribution is 2.22. The van der Waals surface area contributed by atoms with E-state index in [1.165, 1.54) is 18.2 Å². The first-order chi connectivity index (χ1) is 9.79. The van der Waals surface area contributed by atoms with Gasteiger partial charge in [0.2, 0.25) is 5.91 Å². The third-order valence-electron chi connectivity index (χ3n) is 2.74. The SMILES string of the molecule is CC(CN(C)C)NCC(=O)Nc1cc(C(=O)O)ccc1Cl. The predicted octanol–water partition coefficient (Wildman–Crippen LogP) is 1.52. The zero-order chi connectivity index (χ0) is 16.0. The fourth-order valence-electron chi connectivity index (χ4n) is 1.83. The van der Waals surface area contributed by atoms with E-state index >= 15 is 0 Å². The minimum atomic E-state index is -1.07. The van der Waals surface area contributed by atoms with Crippen LogP contribution in [-0.2, 0) is 4.79 Å². The van der Waals surface area contributed by atoms with Gasteiger partial charge in [0.15, 0.2) is 0 Å². The smallest absolute Gasteiger partial charge is 0.335 e. The Morgan fingerprint density at radius 1 is 1.38 bits per heavy atom. The Labute approximate surface area is 129 Å². The molecule has 1 rings (SSSR count). The molecule has 0 saturated heterocycles. The van der Waals surface area contributed by atoms with Crippen molar-refractivity contribution in [2.45, 2.75) is 13.0 Å². The second-order valence-corrected chi connectivity index (χ2v) is 5.50. The van der Waals surface area contributed by atoms with E-state index in [0.717, 1.165) is 6.54 Å². The average molecular weight is 314 g/mol. The minimum Gasteiger partial charge on any atom is -0.478 e. The molecule has 0 aliphatic heterocycles. The Morgan fingerprint density at radius 3 is 2.62 bits per heavy atom. The number of halogens is 1. The van der Waals surface area contributed by atoms with E-state index in [9.17, 15) is 9.59 Å². The first kappa shape index (κ1) is 17.4. The summed E-state index contributed by atoms with van der Waals surface area (Å²) in [6, 6.07) is 4.33. The van der Waals surface area contributed by atoms with Crippen molar-refractivity contribution in [2.75, 3.05) is 32.5 Å². The summed E-state index contributed by atoms with van der Waals surface area (Å²) < 4.78 is 0. The lowest BCUT2D eigenvalue weighted by atomic mass is 10.2. The molecular formula is C14H20ClN3O3. The fourth-order valence-corrected chi connectivity index (χ4v) is 1.99. The number of anilines is 1. The van der Waals surface area contributed by atoms with Crippen LogP contribution in [0.1, 0.15) is 17.3 Å². The monoisotopic (exact) mass is 313 g/mol.